The van der Waals surface area contributed by atoms with Gasteiger partial charge in [-0.25, -0.2) is 0 Å². The first-order valence-corrected chi connectivity index (χ1v) is 11.0. The van der Waals surface area contributed by atoms with E-state index >= 15 is 0 Å². The largest absolute Gasteiger partial charge is 0.493 e. The first kappa shape index (κ1) is 26.9. The highest BCUT2D eigenvalue weighted by Crippen LogP contribution is 2.33. The number of ether oxygens (including phenoxy) is 4. The Labute approximate surface area is 211 Å². The fourth-order valence-corrected chi connectivity index (χ4v) is 3.77. The van der Waals surface area contributed by atoms with Gasteiger partial charge in [-0.15, -0.1) is 12.4 Å². The van der Waals surface area contributed by atoms with Gasteiger partial charge in [0.2, 0.25) is 0 Å². The number of nitrogens with one attached hydrogen (secondary N) is 1. The molecule has 0 aliphatic heterocycles. The monoisotopic (exact) mass is 511 g/mol. The van der Waals surface area contributed by atoms with Crippen LogP contribution in [0.1, 0.15) is 16.7 Å². The maximum Gasteiger partial charge on any atom is 0.166 e. The van der Waals surface area contributed by atoms with E-state index in [1.807, 2.05) is 42.5 Å². The molecule has 8 heteroatoms. The molecule has 0 fully saturated rings. The van der Waals surface area contributed by atoms with Crippen LogP contribution in [-0.2, 0) is 19.6 Å². The first-order valence-electron chi connectivity index (χ1n) is 10.2. The predicted octanol–water partition coefficient (Wildman–Crippen LogP) is 6.35. The van der Waals surface area contributed by atoms with Gasteiger partial charge in [-0.1, -0.05) is 47.5 Å². The summed E-state index contributed by atoms with van der Waals surface area (Å²) in [5.74, 6) is 2.83. The molecule has 3 aromatic rings. The van der Waals surface area contributed by atoms with Crippen molar-refractivity contribution in [1.82, 2.24) is 5.32 Å². The molecule has 178 valence electrons. The lowest BCUT2D eigenvalue weighted by Crippen LogP contribution is -2.17. The highest BCUT2D eigenvalue weighted by molar-refractivity contribution is 6.35. The fourth-order valence-electron chi connectivity index (χ4n) is 3.31. The Hall–Kier alpha value is -2.31. The molecule has 33 heavy (non-hydrogen) atoms. The Morgan fingerprint density at radius 2 is 1.55 bits per heavy atom. The van der Waals surface area contributed by atoms with Gasteiger partial charge >= 0.3 is 0 Å². The van der Waals surface area contributed by atoms with E-state index in [2.05, 4.69) is 5.32 Å². The molecule has 1 N–H and O–H groups in total. The lowest BCUT2D eigenvalue weighted by Gasteiger charge is -2.16. The Kier molecular flexibility index (Phi) is 10.9. The van der Waals surface area contributed by atoms with E-state index in [1.54, 1.807) is 33.5 Å². The molecular weight excluding hydrogens is 485 g/mol. The zero-order chi connectivity index (χ0) is 22.9. The minimum atomic E-state index is 0. The summed E-state index contributed by atoms with van der Waals surface area (Å²) in [7, 11) is 4.90. The number of hydrogen-bond donors (Lipinski definition) is 1. The van der Waals surface area contributed by atoms with Gasteiger partial charge in [0.1, 0.15) is 6.61 Å². The highest BCUT2D eigenvalue weighted by atomic mass is 35.5. The zero-order valence-electron chi connectivity index (χ0n) is 18.8. The Balaban J connectivity index is 0.00000385. The molecular formula is C25H28Cl3NO4. The normalized spacial score (nSPS) is 10.3. The van der Waals surface area contributed by atoms with Crippen LogP contribution in [0.2, 0.25) is 10.0 Å². The van der Waals surface area contributed by atoms with Crippen LogP contribution in [0.25, 0.3) is 0 Å². The second-order valence-corrected chi connectivity index (χ2v) is 7.93. The van der Waals surface area contributed by atoms with Crippen LogP contribution in [0.5, 0.6) is 23.0 Å². The number of benzene rings is 3. The average molecular weight is 513 g/mol. The maximum absolute atomic E-state index is 6.29. The summed E-state index contributed by atoms with van der Waals surface area (Å²) in [5.41, 5.74) is 3.02. The van der Waals surface area contributed by atoms with Crippen molar-refractivity contribution in [1.29, 1.82) is 0 Å². The molecule has 0 atom stereocenters. The van der Waals surface area contributed by atoms with Crippen molar-refractivity contribution in [3.63, 3.8) is 0 Å². The van der Waals surface area contributed by atoms with Crippen LogP contribution in [0.3, 0.4) is 0 Å². The fraction of sp³-hybridized carbons (Fsp3) is 0.280. The molecule has 0 radical (unpaired) electrons. The molecule has 0 bridgehead atoms. The lowest BCUT2D eigenvalue weighted by atomic mass is 10.1. The molecule has 3 aromatic carbocycles. The molecule has 0 aromatic heterocycles. The van der Waals surface area contributed by atoms with Gasteiger partial charge in [-0.3, -0.25) is 0 Å². The van der Waals surface area contributed by atoms with E-state index in [0.717, 1.165) is 41.2 Å². The summed E-state index contributed by atoms with van der Waals surface area (Å²) < 4.78 is 22.3. The predicted molar refractivity (Wildman–Crippen MR) is 136 cm³/mol. The van der Waals surface area contributed by atoms with Gasteiger partial charge in [0.25, 0.3) is 0 Å². The molecule has 0 saturated heterocycles. The summed E-state index contributed by atoms with van der Waals surface area (Å²) in [6.45, 7) is 1.73. The summed E-state index contributed by atoms with van der Waals surface area (Å²) in [5, 5.41) is 4.64. The van der Waals surface area contributed by atoms with Crippen LogP contribution < -0.4 is 24.3 Å². The van der Waals surface area contributed by atoms with E-state index < -0.39 is 0 Å². The Morgan fingerprint density at radius 1 is 0.788 bits per heavy atom. The maximum atomic E-state index is 6.29. The number of rotatable bonds is 11. The van der Waals surface area contributed by atoms with Gasteiger partial charge in [0, 0.05) is 27.7 Å². The number of para-hydroxylation sites is 1. The molecule has 3 rings (SSSR count). The second-order valence-electron chi connectivity index (χ2n) is 7.09. The second kappa shape index (κ2) is 13.4. The van der Waals surface area contributed by atoms with Crippen molar-refractivity contribution in [3.8, 4) is 23.0 Å². The van der Waals surface area contributed by atoms with Crippen LogP contribution in [0.4, 0.5) is 0 Å². The standard InChI is InChI=1S/C25H27Cl2NO4.ClH/c1-29-22-10-7-17(13-24(22)31-3)11-12-28-15-18-5-4-6-23(30-2)25(18)32-16-19-8-9-20(26)14-21(19)27;/h4-10,13-14,28H,11-12,15-16H2,1-3H3;1H. The minimum Gasteiger partial charge on any atom is -0.493 e. The van der Waals surface area contributed by atoms with Gasteiger partial charge < -0.3 is 24.3 Å². The molecule has 0 unspecified atom stereocenters. The topological polar surface area (TPSA) is 49.0 Å². The third kappa shape index (κ3) is 7.34. The van der Waals surface area contributed by atoms with E-state index in [9.17, 15) is 0 Å². The SMILES string of the molecule is COc1ccc(CCNCc2cccc(OC)c2OCc2ccc(Cl)cc2Cl)cc1OC.Cl. The van der Waals surface area contributed by atoms with E-state index in [-0.39, 0.29) is 12.4 Å². The number of hydrogen-bond acceptors (Lipinski definition) is 5. The number of halogens is 3. The van der Waals surface area contributed by atoms with E-state index in [1.165, 1.54) is 0 Å². The number of methoxy groups -OCH3 is 3. The van der Waals surface area contributed by atoms with Gasteiger partial charge in [-0.05, 0) is 48.9 Å². The summed E-state index contributed by atoms with van der Waals surface area (Å²) in [4.78, 5) is 0. The summed E-state index contributed by atoms with van der Waals surface area (Å²) >= 11 is 12.3. The van der Waals surface area contributed by atoms with Crippen LogP contribution in [0, 0.1) is 0 Å². The molecule has 0 spiro atoms. The van der Waals surface area contributed by atoms with E-state index in [0.29, 0.717) is 34.7 Å². The van der Waals surface area contributed by atoms with Crippen LogP contribution in [-0.4, -0.2) is 27.9 Å². The average Bonchev–Trinajstić information content (AvgIpc) is 2.81. The molecule has 0 heterocycles. The van der Waals surface area contributed by atoms with Crippen molar-refractivity contribution in [3.05, 3.63) is 81.3 Å². The third-order valence-electron chi connectivity index (χ3n) is 5.02. The quantitative estimate of drug-likeness (QED) is 0.303. The highest BCUT2D eigenvalue weighted by Gasteiger charge is 2.12. The Morgan fingerprint density at radius 3 is 2.24 bits per heavy atom. The first-order chi connectivity index (χ1) is 15.5. The van der Waals surface area contributed by atoms with E-state index in [4.69, 9.17) is 42.1 Å². The van der Waals surface area contributed by atoms with Gasteiger partial charge in [-0.2, -0.15) is 0 Å². The summed E-state index contributed by atoms with van der Waals surface area (Å²) in [6, 6.07) is 17.2. The Bertz CT molecular complexity index is 1050. The smallest absolute Gasteiger partial charge is 0.166 e. The summed E-state index contributed by atoms with van der Waals surface area (Å²) in [6.07, 6.45) is 0.848. The van der Waals surface area contributed by atoms with Crippen molar-refractivity contribution < 1.29 is 18.9 Å². The van der Waals surface area contributed by atoms with Crippen LogP contribution in [0.15, 0.2) is 54.6 Å². The van der Waals surface area contributed by atoms with Crippen molar-refractivity contribution in [2.24, 2.45) is 0 Å². The third-order valence-corrected chi connectivity index (χ3v) is 5.61. The van der Waals surface area contributed by atoms with Gasteiger partial charge in [0.15, 0.2) is 23.0 Å². The van der Waals surface area contributed by atoms with Gasteiger partial charge in [0.05, 0.1) is 21.3 Å². The molecule has 0 aliphatic carbocycles. The molecule has 0 saturated carbocycles. The van der Waals surface area contributed by atoms with Crippen LogP contribution >= 0.6 is 35.6 Å². The van der Waals surface area contributed by atoms with Crippen molar-refractivity contribution in [2.75, 3.05) is 27.9 Å². The van der Waals surface area contributed by atoms with Crippen molar-refractivity contribution >= 4 is 35.6 Å². The molecule has 0 amide bonds. The molecule has 5 nitrogen and oxygen atoms in total. The molecule has 0 aliphatic rings. The minimum absolute atomic E-state index is 0. The zero-order valence-corrected chi connectivity index (χ0v) is 21.2. The van der Waals surface area contributed by atoms with Crippen molar-refractivity contribution in [2.45, 2.75) is 19.6 Å². The lowest BCUT2D eigenvalue weighted by molar-refractivity contribution is 0.281.